The van der Waals surface area contributed by atoms with Crippen LogP contribution in [0.1, 0.15) is 12.0 Å². The van der Waals surface area contributed by atoms with Gasteiger partial charge in [-0.1, -0.05) is 12.1 Å². The predicted octanol–water partition coefficient (Wildman–Crippen LogP) is 2.59. The lowest BCUT2D eigenvalue weighted by Gasteiger charge is -2.10. The van der Waals surface area contributed by atoms with Gasteiger partial charge in [-0.3, -0.25) is 9.78 Å². The summed E-state index contributed by atoms with van der Waals surface area (Å²) in [5.41, 5.74) is 2.07. The molecule has 0 spiro atoms. The summed E-state index contributed by atoms with van der Waals surface area (Å²) in [6, 6.07) is 7.94. The Morgan fingerprint density at radius 2 is 2.11 bits per heavy atom. The van der Waals surface area contributed by atoms with Crippen LogP contribution in [0.2, 0.25) is 0 Å². The van der Waals surface area contributed by atoms with Crippen molar-refractivity contribution in [3.63, 3.8) is 0 Å². The number of ketones is 1. The third kappa shape index (κ3) is 3.55. The van der Waals surface area contributed by atoms with Crippen molar-refractivity contribution >= 4 is 29.3 Å². The highest BCUT2D eigenvalue weighted by atomic mass is 32.1. The van der Waals surface area contributed by atoms with Gasteiger partial charge in [0.05, 0.1) is 12.1 Å². The Kier molecular flexibility index (Phi) is 4.56. The summed E-state index contributed by atoms with van der Waals surface area (Å²) in [6.07, 6.45) is 3.08. The number of fused-ring (bicyclic) bond motifs is 1. The third-order valence-corrected chi connectivity index (χ3v) is 3.37. The molecule has 3 nitrogen and oxygen atoms in total. The van der Waals surface area contributed by atoms with Crippen LogP contribution >= 0.6 is 12.6 Å². The van der Waals surface area contributed by atoms with Gasteiger partial charge >= 0.3 is 0 Å². The molecule has 4 heteroatoms. The first-order chi connectivity index (χ1) is 9.08. The standard InChI is InChI=1S/C15H18N2OS/c1-17(2)10-12(18)7-5-11-6-8-14(19)15-13(11)4-3-9-16-15/h3-4,6,8-9,19H,5,7,10H2,1-2H3. The topological polar surface area (TPSA) is 33.2 Å². The van der Waals surface area contributed by atoms with E-state index in [0.29, 0.717) is 13.0 Å². The number of Topliss-reactive ketones (excluding diaryl/α,β-unsaturated/α-hetero) is 1. The van der Waals surface area contributed by atoms with E-state index in [1.807, 2.05) is 43.3 Å². The Labute approximate surface area is 119 Å². The van der Waals surface area contributed by atoms with Crippen molar-refractivity contribution in [1.82, 2.24) is 9.88 Å². The zero-order chi connectivity index (χ0) is 13.8. The zero-order valence-corrected chi connectivity index (χ0v) is 12.2. The first-order valence-corrected chi connectivity index (χ1v) is 6.74. The summed E-state index contributed by atoms with van der Waals surface area (Å²) in [6.45, 7) is 0.501. The molecule has 0 atom stereocenters. The van der Waals surface area contributed by atoms with Crippen molar-refractivity contribution in [3.8, 4) is 0 Å². The van der Waals surface area contributed by atoms with Crippen LogP contribution in [0.5, 0.6) is 0 Å². The molecule has 0 unspecified atom stereocenters. The molecule has 19 heavy (non-hydrogen) atoms. The maximum Gasteiger partial charge on any atom is 0.147 e. The van der Waals surface area contributed by atoms with Gasteiger partial charge < -0.3 is 4.90 Å². The molecular weight excluding hydrogens is 256 g/mol. The van der Waals surface area contributed by atoms with Gasteiger partial charge in [0.25, 0.3) is 0 Å². The number of likely N-dealkylation sites (N-methyl/N-ethyl adjacent to an activating group) is 1. The van der Waals surface area contributed by atoms with Gasteiger partial charge in [-0.05, 0) is 38.2 Å². The molecule has 0 bridgehead atoms. The van der Waals surface area contributed by atoms with Gasteiger partial charge in [-0.15, -0.1) is 12.6 Å². The van der Waals surface area contributed by atoms with Crippen molar-refractivity contribution in [3.05, 3.63) is 36.0 Å². The van der Waals surface area contributed by atoms with Gasteiger partial charge in [0.2, 0.25) is 0 Å². The minimum absolute atomic E-state index is 0.261. The van der Waals surface area contributed by atoms with Crippen LogP contribution in [0.25, 0.3) is 10.9 Å². The van der Waals surface area contributed by atoms with Gasteiger partial charge in [0, 0.05) is 22.9 Å². The molecule has 0 aliphatic rings. The predicted molar refractivity (Wildman–Crippen MR) is 80.9 cm³/mol. The molecule has 1 heterocycles. The summed E-state index contributed by atoms with van der Waals surface area (Å²) in [4.78, 5) is 18.9. The van der Waals surface area contributed by atoms with E-state index in [2.05, 4.69) is 17.6 Å². The highest BCUT2D eigenvalue weighted by Gasteiger charge is 2.08. The number of nitrogens with zero attached hydrogens (tertiary/aromatic N) is 2. The van der Waals surface area contributed by atoms with E-state index in [4.69, 9.17) is 0 Å². The SMILES string of the molecule is CN(C)CC(=O)CCc1ccc(S)c2ncccc12. The maximum absolute atomic E-state index is 11.8. The molecule has 1 aromatic carbocycles. The lowest BCUT2D eigenvalue weighted by atomic mass is 10.0. The van der Waals surface area contributed by atoms with Crippen LogP contribution in [0, 0.1) is 0 Å². The number of hydrogen-bond acceptors (Lipinski definition) is 4. The molecule has 0 aliphatic heterocycles. The van der Waals surface area contributed by atoms with Gasteiger partial charge in [-0.25, -0.2) is 0 Å². The van der Waals surface area contributed by atoms with E-state index in [9.17, 15) is 4.79 Å². The molecule has 0 N–H and O–H groups in total. The largest absolute Gasteiger partial charge is 0.302 e. The highest BCUT2D eigenvalue weighted by molar-refractivity contribution is 7.80. The number of benzene rings is 1. The molecular formula is C15H18N2OS. The maximum atomic E-state index is 11.8. The number of pyridine rings is 1. The Balaban J connectivity index is 2.17. The van der Waals surface area contributed by atoms with Crippen molar-refractivity contribution in [2.75, 3.05) is 20.6 Å². The third-order valence-electron chi connectivity index (χ3n) is 3.00. The number of carbonyl (C=O) groups excluding carboxylic acids is 1. The number of thiol groups is 1. The number of hydrogen-bond donors (Lipinski definition) is 1. The van der Waals surface area contributed by atoms with E-state index in [1.54, 1.807) is 6.20 Å². The summed E-state index contributed by atoms with van der Waals surface area (Å²) < 4.78 is 0. The van der Waals surface area contributed by atoms with Crippen molar-refractivity contribution in [1.29, 1.82) is 0 Å². The van der Waals surface area contributed by atoms with Crippen LogP contribution in [0.15, 0.2) is 35.4 Å². The lowest BCUT2D eigenvalue weighted by molar-refractivity contribution is -0.119. The summed E-state index contributed by atoms with van der Waals surface area (Å²) in [7, 11) is 3.82. The average molecular weight is 274 g/mol. The van der Waals surface area contributed by atoms with Crippen LogP contribution in [0.3, 0.4) is 0 Å². The molecule has 2 rings (SSSR count). The Hall–Kier alpha value is -1.39. The number of aromatic nitrogens is 1. The molecule has 0 saturated carbocycles. The zero-order valence-electron chi connectivity index (χ0n) is 11.3. The molecule has 100 valence electrons. The van der Waals surface area contributed by atoms with Gasteiger partial charge in [-0.2, -0.15) is 0 Å². The quantitative estimate of drug-likeness (QED) is 0.851. The fourth-order valence-corrected chi connectivity index (χ4v) is 2.39. The van der Waals surface area contributed by atoms with E-state index < -0.39 is 0 Å². The van der Waals surface area contributed by atoms with Gasteiger partial charge in [0.1, 0.15) is 5.78 Å². The van der Waals surface area contributed by atoms with Crippen LogP contribution in [-0.2, 0) is 11.2 Å². The second-order valence-electron chi connectivity index (χ2n) is 4.92. The minimum atomic E-state index is 0.261. The molecule has 2 aromatic rings. The van der Waals surface area contributed by atoms with Crippen LogP contribution in [0.4, 0.5) is 0 Å². The number of aryl methyl sites for hydroxylation is 1. The molecule has 0 radical (unpaired) electrons. The normalized spacial score (nSPS) is 11.2. The van der Waals surface area contributed by atoms with E-state index in [1.165, 1.54) is 0 Å². The number of carbonyl (C=O) groups is 1. The van der Waals surface area contributed by atoms with Crippen LogP contribution in [-0.4, -0.2) is 36.3 Å². The second kappa shape index (κ2) is 6.17. The molecule has 0 aliphatic carbocycles. The molecule has 0 amide bonds. The molecule has 1 aromatic heterocycles. The molecule has 0 saturated heterocycles. The van der Waals surface area contributed by atoms with Gasteiger partial charge in [0.15, 0.2) is 0 Å². The Morgan fingerprint density at radius 1 is 1.32 bits per heavy atom. The first kappa shape index (κ1) is 14.0. The van der Waals surface area contributed by atoms with E-state index >= 15 is 0 Å². The van der Waals surface area contributed by atoms with Crippen molar-refractivity contribution in [2.24, 2.45) is 0 Å². The van der Waals surface area contributed by atoms with Crippen LogP contribution < -0.4 is 0 Å². The van der Waals surface area contributed by atoms with Crippen molar-refractivity contribution in [2.45, 2.75) is 17.7 Å². The number of rotatable bonds is 5. The Morgan fingerprint density at radius 3 is 2.84 bits per heavy atom. The Bertz CT molecular complexity index is 596. The summed E-state index contributed by atoms with van der Waals surface area (Å²) in [5.74, 6) is 0.261. The lowest BCUT2D eigenvalue weighted by Crippen LogP contribution is -2.21. The monoisotopic (exact) mass is 274 g/mol. The summed E-state index contributed by atoms with van der Waals surface area (Å²) in [5, 5.41) is 1.09. The fourth-order valence-electron chi connectivity index (χ4n) is 2.14. The summed E-state index contributed by atoms with van der Waals surface area (Å²) >= 11 is 4.42. The fraction of sp³-hybridized carbons (Fsp3) is 0.333. The molecule has 0 fully saturated rings. The first-order valence-electron chi connectivity index (χ1n) is 6.30. The highest BCUT2D eigenvalue weighted by Crippen LogP contribution is 2.24. The van der Waals surface area contributed by atoms with E-state index in [-0.39, 0.29) is 5.78 Å². The van der Waals surface area contributed by atoms with Crippen molar-refractivity contribution < 1.29 is 4.79 Å². The smallest absolute Gasteiger partial charge is 0.147 e. The second-order valence-corrected chi connectivity index (χ2v) is 5.40. The average Bonchev–Trinajstić information content (AvgIpc) is 2.37. The van der Waals surface area contributed by atoms with E-state index in [0.717, 1.165) is 27.8 Å². The minimum Gasteiger partial charge on any atom is -0.302 e.